The van der Waals surface area contributed by atoms with Crippen LogP contribution in [0.25, 0.3) is 0 Å². The molecule has 0 saturated heterocycles. The van der Waals surface area contributed by atoms with Gasteiger partial charge in [-0.2, -0.15) is 0 Å². The monoisotopic (exact) mass is 224 g/mol. The third kappa shape index (κ3) is 3.65. The molecule has 1 aromatic rings. The van der Waals surface area contributed by atoms with Gasteiger partial charge in [0, 0.05) is 18.4 Å². The van der Waals surface area contributed by atoms with Gasteiger partial charge in [-0.1, -0.05) is 13.0 Å². The SMILES string of the molecule is CCCC(=O)CCOc1cccc(F)c1C. The molecule has 0 saturated carbocycles. The van der Waals surface area contributed by atoms with Crippen LogP contribution in [-0.2, 0) is 4.79 Å². The van der Waals surface area contributed by atoms with Crippen LogP contribution >= 0.6 is 0 Å². The predicted molar refractivity (Wildman–Crippen MR) is 61.2 cm³/mol. The normalized spacial score (nSPS) is 10.2. The van der Waals surface area contributed by atoms with Crippen molar-refractivity contribution in [2.45, 2.75) is 33.1 Å². The second-order valence-electron chi connectivity index (χ2n) is 3.75. The maximum Gasteiger partial charge on any atom is 0.136 e. The molecule has 2 nitrogen and oxygen atoms in total. The van der Waals surface area contributed by atoms with Crippen molar-refractivity contribution >= 4 is 5.78 Å². The summed E-state index contributed by atoms with van der Waals surface area (Å²) in [5, 5.41) is 0. The highest BCUT2D eigenvalue weighted by atomic mass is 19.1. The highest BCUT2D eigenvalue weighted by molar-refractivity contribution is 5.78. The summed E-state index contributed by atoms with van der Waals surface area (Å²) >= 11 is 0. The van der Waals surface area contributed by atoms with Crippen molar-refractivity contribution in [3.05, 3.63) is 29.6 Å². The van der Waals surface area contributed by atoms with Gasteiger partial charge in [-0.15, -0.1) is 0 Å². The molecule has 0 amide bonds. The van der Waals surface area contributed by atoms with Gasteiger partial charge in [-0.3, -0.25) is 4.79 Å². The first-order chi connectivity index (χ1) is 7.65. The Morgan fingerprint density at radius 1 is 1.38 bits per heavy atom. The number of Topliss-reactive ketones (excluding diaryl/α,β-unsaturated/α-hetero) is 1. The van der Waals surface area contributed by atoms with E-state index in [1.165, 1.54) is 6.07 Å². The number of hydrogen-bond donors (Lipinski definition) is 0. The zero-order valence-electron chi connectivity index (χ0n) is 9.75. The van der Waals surface area contributed by atoms with Crippen LogP contribution in [0.3, 0.4) is 0 Å². The number of carbonyl (C=O) groups excluding carboxylic acids is 1. The number of ether oxygens (including phenoxy) is 1. The van der Waals surface area contributed by atoms with Crippen molar-refractivity contribution in [1.82, 2.24) is 0 Å². The van der Waals surface area contributed by atoms with Crippen LogP contribution in [-0.4, -0.2) is 12.4 Å². The molecule has 0 heterocycles. The highest BCUT2D eigenvalue weighted by Gasteiger charge is 2.05. The van der Waals surface area contributed by atoms with Gasteiger partial charge in [0.1, 0.15) is 17.3 Å². The fraction of sp³-hybridized carbons (Fsp3) is 0.462. The maximum atomic E-state index is 13.1. The number of hydrogen-bond acceptors (Lipinski definition) is 2. The molecule has 0 aliphatic heterocycles. The summed E-state index contributed by atoms with van der Waals surface area (Å²) in [7, 11) is 0. The standard InChI is InChI=1S/C13H17FO2/c1-3-5-11(15)8-9-16-13-7-4-6-12(14)10(13)2/h4,6-7H,3,5,8-9H2,1-2H3. The van der Waals surface area contributed by atoms with Crippen molar-refractivity contribution in [2.24, 2.45) is 0 Å². The second-order valence-corrected chi connectivity index (χ2v) is 3.75. The van der Waals surface area contributed by atoms with Crippen molar-refractivity contribution in [3.8, 4) is 5.75 Å². The molecular weight excluding hydrogens is 207 g/mol. The lowest BCUT2D eigenvalue weighted by Crippen LogP contribution is -2.06. The number of ketones is 1. The van der Waals surface area contributed by atoms with Gasteiger partial charge < -0.3 is 4.74 Å². The van der Waals surface area contributed by atoms with E-state index in [2.05, 4.69) is 0 Å². The molecule has 0 aliphatic carbocycles. The Morgan fingerprint density at radius 3 is 2.81 bits per heavy atom. The van der Waals surface area contributed by atoms with E-state index in [9.17, 15) is 9.18 Å². The van der Waals surface area contributed by atoms with Gasteiger partial charge in [0.25, 0.3) is 0 Å². The minimum Gasteiger partial charge on any atom is -0.493 e. The summed E-state index contributed by atoms with van der Waals surface area (Å²) in [4.78, 5) is 11.2. The van der Waals surface area contributed by atoms with E-state index in [-0.39, 0.29) is 11.6 Å². The van der Waals surface area contributed by atoms with E-state index in [1.54, 1.807) is 19.1 Å². The second kappa shape index (κ2) is 6.26. The molecule has 1 aromatic carbocycles. The van der Waals surface area contributed by atoms with Crippen LogP contribution in [0.4, 0.5) is 4.39 Å². The van der Waals surface area contributed by atoms with Gasteiger partial charge in [0.05, 0.1) is 6.61 Å². The summed E-state index contributed by atoms with van der Waals surface area (Å²) in [6.07, 6.45) is 1.84. The van der Waals surface area contributed by atoms with Crippen molar-refractivity contribution in [3.63, 3.8) is 0 Å². The number of benzene rings is 1. The summed E-state index contributed by atoms with van der Waals surface area (Å²) < 4.78 is 18.5. The summed E-state index contributed by atoms with van der Waals surface area (Å²) in [6.45, 7) is 3.96. The van der Waals surface area contributed by atoms with Gasteiger partial charge in [-0.05, 0) is 25.5 Å². The van der Waals surface area contributed by atoms with Crippen LogP contribution < -0.4 is 4.74 Å². The Kier molecular flexibility index (Phi) is 4.96. The minimum absolute atomic E-state index is 0.191. The van der Waals surface area contributed by atoms with E-state index >= 15 is 0 Å². The third-order valence-corrected chi connectivity index (χ3v) is 2.39. The Morgan fingerprint density at radius 2 is 2.12 bits per heavy atom. The molecule has 0 N–H and O–H groups in total. The van der Waals surface area contributed by atoms with E-state index < -0.39 is 0 Å². The molecule has 0 aliphatic rings. The lowest BCUT2D eigenvalue weighted by molar-refractivity contribution is -0.119. The van der Waals surface area contributed by atoms with E-state index in [1.807, 2.05) is 6.92 Å². The Balaban J connectivity index is 2.43. The van der Waals surface area contributed by atoms with Crippen LogP contribution in [0.15, 0.2) is 18.2 Å². The zero-order valence-corrected chi connectivity index (χ0v) is 9.75. The summed E-state index contributed by atoms with van der Waals surface area (Å²) in [6, 6.07) is 4.71. The number of halogens is 1. The van der Waals surface area contributed by atoms with E-state index in [0.717, 1.165) is 6.42 Å². The quantitative estimate of drug-likeness (QED) is 0.741. The fourth-order valence-electron chi connectivity index (χ4n) is 1.42. The van der Waals surface area contributed by atoms with Gasteiger partial charge in [0.15, 0.2) is 0 Å². The van der Waals surface area contributed by atoms with Crippen LogP contribution in [0.5, 0.6) is 5.75 Å². The van der Waals surface area contributed by atoms with Gasteiger partial charge in [-0.25, -0.2) is 4.39 Å². The molecule has 16 heavy (non-hydrogen) atoms. The van der Waals surface area contributed by atoms with Crippen molar-refractivity contribution < 1.29 is 13.9 Å². The lowest BCUT2D eigenvalue weighted by atomic mass is 10.2. The van der Waals surface area contributed by atoms with E-state index in [4.69, 9.17) is 4.74 Å². The Hall–Kier alpha value is -1.38. The highest BCUT2D eigenvalue weighted by Crippen LogP contribution is 2.20. The maximum absolute atomic E-state index is 13.1. The molecule has 0 unspecified atom stereocenters. The molecule has 0 fully saturated rings. The Bertz CT molecular complexity index is 361. The van der Waals surface area contributed by atoms with Crippen LogP contribution in [0, 0.1) is 12.7 Å². The molecule has 88 valence electrons. The average Bonchev–Trinajstić information content (AvgIpc) is 2.25. The fourth-order valence-corrected chi connectivity index (χ4v) is 1.42. The largest absolute Gasteiger partial charge is 0.493 e. The predicted octanol–water partition coefficient (Wildman–Crippen LogP) is 3.27. The lowest BCUT2D eigenvalue weighted by Gasteiger charge is -2.08. The number of rotatable bonds is 6. The molecule has 0 spiro atoms. The first-order valence-electron chi connectivity index (χ1n) is 5.54. The first kappa shape index (κ1) is 12.7. The molecule has 1 rings (SSSR count). The van der Waals surface area contributed by atoms with Gasteiger partial charge in [0.2, 0.25) is 0 Å². The van der Waals surface area contributed by atoms with E-state index in [0.29, 0.717) is 30.8 Å². The van der Waals surface area contributed by atoms with Crippen molar-refractivity contribution in [2.75, 3.05) is 6.61 Å². The third-order valence-electron chi connectivity index (χ3n) is 2.39. The molecular formula is C13H17FO2. The summed E-state index contributed by atoms with van der Waals surface area (Å²) in [5.41, 5.74) is 0.491. The molecule has 0 bridgehead atoms. The first-order valence-corrected chi connectivity index (χ1v) is 5.54. The molecule has 0 atom stereocenters. The van der Waals surface area contributed by atoms with Crippen LogP contribution in [0.2, 0.25) is 0 Å². The zero-order chi connectivity index (χ0) is 12.0. The smallest absolute Gasteiger partial charge is 0.136 e. The average molecular weight is 224 g/mol. The molecule has 0 aromatic heterocycles. The van der Waals surface area contributed by atoms with Crippen LogP contribution in [0.1, 0.15) is 31.7 Å². The van der Waals surface area contributed by atoms with Crippen molar-refractivity contribution in [1.29, 1.82) is 0 Å². The Labute approximate surface area is 95.4 Å². The minimum atomic E-state index is -0.280. The topological polar surface area (TPSA) is 26.3 Å². The molecule has 0 radical (unpaired) electrons. The molecule has 3 heteroatoms. The summed E-state index contributed by atoms with van der Waals surface area (Å²) in [5.74, 6) is 0.429. The number of carbonyl (C=O) groups is 1. The van der Waals surface area contributed by atoms with Gasteiger partial charge >= 0.3 is 0 Å².